The van der Waals surface area contributed by atoms with Crippen LogP contribution in [0.15, 0.2) is 4.99 Å². The van der Waals surface area contributed by atoms with E-state index in [0.29, 0.717) is 11.0 Å². The molecule has 0 spiro atoms. The number of amidine groups is 1. The van der Waals surface area contributed by atoms with E-state index in [-0.39, 0.29) is 0 Å². The predicted octanol–water partition coefficient (Wildman–Crippen LogP) is 1.47. The zero-order valence-electron chi connectivity index (χ0n) is 9.66. The van der Waals surface area contributed by atoms with Crippen LogP contribution in [0.25, 0.3) is 0 Å². The van der Waals surface area contributed by atoms with Crippen LogP contribution in [0.4, 0.5) is 0 Å². The molecule has 0 saturated carbocycles. The minimum Gasteiger partial charge on any atom is -0.364 e. The van der Waals surface area contributed by atoms with E-state index in [1.807, 2.05) is 11.8 Å². The molecule has 2 unspecified atom stereocenters. The number of hydrogen-bond acceptors (Lipinski definition) is 4. The number of nitrogens with one attached hydrogen (secondary N) is 1. The molecule has 0 radical (unpaired) electrons. The zero-order valence-corrected chi connectivity index (χ0v) is 11.3. The van der Waals surface area contributed by atoms with Crippen LogP contribution in [0.3, 0.4) is 0 Å². The summed E-state index contributed by atoms with van der Waals surface area (Å²) in [5.74, 6) is 1.44. The SMILES string of the molecule is CC(C)CC1CN=C(NCCS(C)=O)S1. The van der Waals surface area contributed by atoms with Crippen LogP contribution >= 0.6 is 11.8 Å². The Morgan fingerprint density at radius 3 is 3.00 bits per heavy atom. The first-order valence-electron chi connectivity index (χ1n) is 5.33. The molecule has 0 amide bonds. The van der Waals surface area contributed by atoms with Crippen molar-refractivity contribution in [1.29, 1.82) is 0 Å². The van der Waals surface area contributed by atoms with Crippen LogP contribution in [-0.4, -0.2) is 39.7 Å². The van der Waals surface area contributed by atoms with Crippen LogP contribution in [0.5, 0.6) is 0 Å². The van der Waals surface area contributed by atoms with E-state index < -0.39 is 10.8 Å². The van der Waals surface area contributed by atoms with E-state index in [9.17, 15) is 4.21 Å². The third kappa shape index (κ3) is 5.56. The zero-order chi connectivity index (χ0) is 11.3. The van der Waals surface area contributed by atoms with Crippen molar-refractivity contribution in [2.45, 2.75) is 25.5 Å². The molecule has 1 heterocycles. The molecule has 1 N–H and O–H groups in total. The van der Waals surface area contributed by atoms with Gasteiger partial charge in [0.25, 0.3) is 0 Å². The molecule has 3 nitrogen and oxygen atoms in total. The molecule has 1 aliphatic heterocycles. The molecule has 88 valence electrons. The summed E-state index contributed by atoms with van der Waals surface area (Å²) >= 11 is 1.83. The standard InChI is InChI=1S/C10H20N2OS2/c1-8(2)6-9-7-12-10(14-9)11-4-5-15(3)13/h8-9H,4-7H2,1-3H3,(H,11,12). The van der Waals surface area contributed by atoms with E-state index in [2.05, 4.69) is 24.2 Å². The molecule has 0 aromatic heterocycles. The van der Waals surface area contributed by atoms with Crippen molar-refractivity contribution in [3.63, 3.8) is 0 Å². The number of rotatable bonds is 5. The van der Waals surface area contributed by atoms with Crippen molar-refractivity contribution in [1.82, 2.24) is 5.32 Å². The Balaban J connectivity index is 2.15. The molecular formula is C10H20N2OS2. The molecule has 0 aromatic rings. The summed E-state index contributed by atoms with van der Waals surface area (Å²) in [7, 11) is -0.710. The molecule has 1 rings (SSSR count). The van der Waals surface area contributed by atoms with Crippen molar-refractivity contribution in [2.24, 2.45) is 10.9 Å². The first-order valence-corrected chi connectivity index (χ1v) is 7.93. The van der Waals surface area contributed by atoms with Gasteiger partial charge in [-0.25, -0.2) is 0 Å². The van der Waals surface area contributed by atoms with E-state index in [4.69, 9.17) is 0 Å². The summed E-state index contributed by atoms with van der Waals surface area (Å²) in [4.78, 5) is 4.44. The maximum atomic E-state index is 10.9. The normalized spacial score (nSPS) is 22.9. The number of thioether (sulfide) groups is 1. The van der Waals surface area contributed by atoms with Gasteiger partial charge in [0, 0.05) is 34.6 Å². The lowest BCUT2D eigenvalue weighted by molar-refractivity contribution is 0.575. The van der Waals surface area contributed by atoms with Crippen molar-refractivity contribution in [2.75, 3.05) is 25.1 Å². The van der Waals surface area contributed by atoms with E-state index in [1.54, 1.807) is 6.26 Å². The van der Waals surface area contributed by atoms with Crippen LogP contribution < -0.4 is 5.32 Å². The van der Waals surface area contributed by atoms with Gasteiger partial charge in [-0.1, -0.05) is 25.6 Å². The molecule has 0 saturated heterocycles. The number of hydrogen-bond donors (Lipinski definition) is 1. The lowest BCUT2D eigenvalue weighted by Crippen LogP contribution is -2.24. The van der Waals surface area contributed by atoms with Gasteiger partial charge in [0.15, 0.2) is 5.17 Å². The van der Waals surface area contributed by atoms with Crippen molar-refractivity contribution in [3.8, 4) is 0 Å². The van der Waals surface area contributed by atoms with E-state index >= 15 is 0 Å². The molecule has 15 heavy (non-hydrogen) atoms. The van der Waals surface area contributed by atoms with Gasteiger partial charge in [-0.05, 0) is 12.3 Å². The fraction of sp³-hybridized carbons (Fsp3) is 0.900. The van der Waals surface area contributed by atoms with Crippen LogP contribution in [-0.2, 0) is 10.8 Å². The van der Waals surface area contributed by atoms with Crippen LogP contribution in [0.2, 0.25) is 0 Å². The van der Waals surface area contributed by atoms with Crippen molar-refractivity contribution < 1.29 is 4.21 Å². The van der Waals surface area contributed by atoms with Crippen LogP contribution in [0.1, 0.15) is 20.3 Å². The lowest BCUT2D eigenvalue weighted by Gasteiger charge is -2.10. The minimum absolute atomic E-state index is 0.639. The average Bonchev–Trinajstić information content (AvgIpc) is 2.50. The Hall–Kier alpha value is -0.0300. The topological polar surface area (TPSA) is 41.5 Å². The highest BCUT2D eigenvalue weighted by Gasteiger charge is 2.19. The highest BCUT2D eigenvalue weighted by Crippen LogP contribution is 2.25. The first-order chi connectivity index (χ1) is 7.08. The fourth-order valence-corrected chi connectivity index (χ4v) is 3.13. The van der Waals surface area contributed by atoms with Crippen molar-refractivity contribution in [3.05, 3.63) is 0 Å². The maximum absolute atomic E-state index is 10.9. The molecule has 0 aliphatic carbocycles. The van der Waals surface area contributed by atoms with Gasteiger partial charge < -0.3 is 5.32 Å². The Kier molecular flexibility index (Phi) is 5.68. The second-order valence-corrected chi connectivity index (χ2v) is 7.06. The molecule has 0 aromatic carbocycles. The first kappa shape index (κ1) is 13.0. The predicted molar refractivity (Wildman–Crippen MR) is 70.1 cm³/mol. The second kappa shape index (κ2) is 6.53. The summed E-state index contributed by atoms with van der Waals surface area (Å²) < 4.78 is 10.9. The lowest BCUT2D eigenvalue weighted by atomic mass is 10.1. The van der Waals surface area contributed by atoms with Gasteiger partial charge in [-0.3, -0.25) is 9.20 Å². The average molecular weight is 248 g/mol. The van der Waals surface area contributed by atoms with E-state index in [1.165, 1.54) is 6.42 Å². The highest BCUT2D eigenvalue weighted by molar-refractivity contribution is 8.14. The molecule has 2 atom stereocenters. The van der Waals surface area contributed by atoms with Gasteiger partial charge in [0.2, 0.25) is 0 Å². The Morgan fingerprint density at radius 2 is 2.40 bits per heavy atom. The largest absolute Gasteiger partial charge is 0.364 e. The summed E-state index contributed by atoms with van der Waals surface area (Å²) in [5, 5.41) is 4.91. The van der Waals surface area contributed by atoms with Crippen molar-refractivity contribution >= 4 is 27.7 Å². The van der Waals surface area contributed by atoms with Gasteiger partial charge in [-0.15, -0.1) is 0 Å². The van der Waals surface area contributed by atoms with Gasteiger partial charge >= 0.3 is 0 Å². The number of aliphatic imine (C=N–C) groups is 1. The monoisotopic (exact) mass is 248 g/mol. The smallest absolute Gasteiger partial charge is 0.156 e. The van der Waals surface area contributed by atoms with E-state index in [0.717, 1.165) is 24.2 Å². The van der Waals surface area contributed by atoms with Gasteiger partial charge in [0.05, 0.1) is 6.54 Å². The third-order valence-corrected chi connectivity index (χ3v) is 4.07. The highest BCUT2D eigenvalue weighted by atomic mass is 32.2. The molecule has 0 bridgehead atoms. The second-order valence-electron chi connectivity index (χ2n) is 4.22. The summed E-state index contributed by atoms with van der Waals surface area (Å²) in [6.07, 6.45) is 2.95. The molecule has 0 fully saturated rings. The summed E-state index contributed by atoms with van der Waals surface area (Å²) in [5.41, 5.74) is 0. The summed E-state index contributed by atoms with van der Waals surface area (Å²) in [6.45, 7) is 6.18. The fourth-order valence-electron chi connectivity index (χ4n) is 1.46. The number of nitrogens with zero attached hydrogens (tertiary/aromatic N) is 1. The Morgan fingerprint density at radius 1 is 1.67 bits per heavy atom. The third-order valence-electron chi connectivity index (χ3n) is 2.12. The molecular weight excluding hydrogens is 228 g/mol. The summed E-state index contributed by atoms with van der Waals surface area (Å²) in [6, 6.07) is 0. The van der Waals surface area contributed by atoms with Gasteiger partial charge in [0.1, 0.15) is 0 Å². The molecule has 1 aliphatic rings. The Bertz CT molecular complexity index is 254. The Labute approximate surface area is 99.0 Å². The van der Waals surface area contributed by atoms with Crippen LogP contribution in [0, 0.1) is 5.92 Å². The van der Waals surface area contributed by atoms with Gasteiger partial charge in [-0.2, -0.15) is 0 Å². The quantitative estimate of drug-likeness (QED) is 0.801. The minimum atomic E-state index is -0.710. The molecule has 5 heteroatoms. The maximum Gasteiger partial charge on any atom is 0.156 e.